The second-order valence-corrected chi connectivity index (χ2v) is 5.70. The summed E-state index contributed by atoms with van der Waals surface area (Å²) in [6.45, 7) is 5.19. The van der Waals surface area contributed by atoms with Gasteiger partial charge in [-0.1, -0.05) is 37.1 Å². The third kappa shape index (κ3) is 5.43. The summed E-state index contributed by atoms with van der Waals surface area (Å²) in [5, 5.41) is 4.04. The van der Waals surface area contributed by atoms with Crippen LogP contribution in [0.4, 0.5) is 0 Å². The highest BCUT2D eigenvalue weighted by atomic mass is 35.5. The van der Waals surface area contributed by atoms with Gasteiger partial charge < -0.3 is 15.0 Å². The van der Waals surface area contributed by atoms with Crippen molar-refractivity contribution < 1.29 is 9.53 Å². The lowest BCUT2D eigenvalue weighted by Gasteiger charge is -2.36. The quantitative estimate of drug-likeness (QED) is 0.805. The van der Waals surface area contributed by atoms with E-state index in [1.54, 1.807) is 0 Å². The molecule has 0 bridgehead atoms. The Balaban J connectivity index is 0.00000242. The molecule has 0 aromatic heterocycles. The summed E-state index contributed by atoms with van der Waals surface area (Å²) >= 11 is 6.06. The van der Waals surface area contributed by atoms with E-state index in [0.717, 1.165) is 31.5 Å². The molecule has 2 rings (SSSR count). The van der Waals surface area contributed by atoms with Crippen molar-refractivity contribution in [1.82, 2.24) is 10.2 Å². The first-order valence-electron chi connectivity index (χ1n) is 7.55. The molecule has 1 aliphatic heterocycles. The van der Waals surface area contributed by atoms with Crippen LogP contribution in [0.15, 0.2) is 24.3 Å². The summed E-state index contributed by atoms with van der Waals surface area (Å²) in [7, 11) is 0. The molecule has 6 heteroatoms. The highest BCUT2D eigenvalue weighted by Gasteiger charge is 2.27. The summed E-state index contributed by atoms with van der Waals surface area (Å²) in [5.41, 5.74) is 1.07. The van der Waals surface area contributed by atoms with Crippen LogP contribution in [0, 0.1) is 0 Å². The second kappa shape index (κ2) is 10.1. The van der Waals surface area contributed by atoms with Gasteiger partial charge in [0.2, 0.25) is 5.91 Å². The molecule has 124 valence electrons. The minimum atomic E-state index is 0. The fourth-order valence-electron chi connectivity index (χ4n) is 2.50. The largest absolute Gasteiger partial charge is 0.372 e. The maximum Gasteiger partial charge on any atom is 0.249 e. The van der Waals surface area contributed by atoms with Crippen LogP contribution in [0.25, 0.3) is 0 Å². The van der Waals surface area contributed by atoms with Gasteiger partial charge in [0.1, 0.15) is 6.61 Å². The highest BCUT2D eigenvalue weighted by Crippen LogP contribution is 2.24. The maximum atomic E-state index is 12.4. The number of rotatable bonds is 6. The third-order valence-corrected chi connectivity index (χ3v) is 3.90. The van der Waals surface area contributed by atoms with Crippen molar-refractivity contribution in [3.05, 3.63) is 34.9 Å². The molecule has 0 radical (unpaired) electrons. The number of halogens is 2. The van der Waals surface area contributed by atoms with E-state index >= 15 is 0 Å². The second-order valence-electron chi connectivity index (χ2n) is 5.27. The summed E-state index contributed by atoms with van der Waals surface area (Å²) in [6.07, 6.45) is 2.07. The van der Waals surface area contributed by atoms with E-state index in [4.69, 9.17) is 16.3 Å². The van der Waals surface area contributed by atoms with E-state index in [2.05, 4.69) is 12.2 Å². The average Bonchev–Trinajstić information content (AvgIpc) is 2.51. The molecule has 0 spiro atoms. The molecule has 1 heterocycles. The Labute approximate surface area is 143 Å². The van der Waals surface area contributed by atoms with Crippen LogP contribution in [-0.4, -0.2) is 43.7 Å². The van der Waals surface area contributed by atoms with Crippen molar-refractivity contribution in [1.29, 1.82) is 0 Å². The van der Waals surface area contributed by atoms with E-state index in [1.807, 2.05) is 29.2 Å². The molecular formula is C16H24Cl2N2O2. The lowest BCUT2D eigenvalue weighted by Crippen LogP contribution is -2.49. The minimum Gasteiger partial charge on any atom is -0.372 e. The third-order valence-electron chi connectivity index (χ3n) is 3.66. The van der Waals surface area contributed by atoms with Gasteiger partial charge in [-0.15, -0.1) is 12.4 Å². The Morgan fingerprint density at radius 2 is 2.32 bits per heavy atom. The van der Waals surface area contributed by atoms with Crippen molar-refractivity contribution >= 4 is 29.9 Å². The summed E-state index contributed by atoms with van der Waals surface area (Å²) in [5.74, 6) is 0.0533. The molecule has 1 atom stereocenters. The van der Waals surface area contributed by atoms with Crippen LogP contribution in [0.5, 0.6) is 0 Å². The van der Waals surface area contributed by atoms with Gasteiger partial charge in [-0.05, 0) is 24.1 Å². The molecule has 4 nitrogen and oxygen atoms in total. The molecule has 22 heavy (non-hydrogen) atoms. The Morgan fingerprint density at radius 1 is 1.50 bits per heavy atom. The summed E-state index contributed by atoms with van der Waals surface area (Å²) < 4.78 is 5.46. The number of amides is 1. The van der Waals surface area contributed by atoms with E-state index in [9.17, 15) is 4.79 Å². The summed E-state index contributed by atoms with van der Waals surface area (Å²) in [6, 6.07) is 7.74. The molecule has 1 aromatic rings. The smallest absolute Gasteiger partial charge is 0.249 e. The number of unbranched alkanes of at least 4 members (excludes halogenated alkanes) is 1. The van der Waals surface area contributed by atoms with Gasteiger partial charge in [0.25, 0.3) is 0 Å². The Bertz CT molecular complexity index is 471. The predicted octanol–water partition coefficient (Wildman–Crippen LogP) is 3.05. The lowest BCUT2D eigenvalue weighted by molar-refractivity contribution is -0.139. The van der Waals surface area contributed by atoms with Crippen molar-refractivity contribution in [3.63, 3.8) is 0 Å². The number of carbonyl (C=O) groups is 1. The predicted molar refractivity (Wildman–Crippen MR) is 91.8 cm³/mol. The van der Waals surface area contributed by atoms with Crippen LogP contribution >= 0.6 is 24.0 Å². The molecule has 1 N–H and O–H groups in total. The first kappa shape index (κ1) is 19.2. The number of hydrogen-bond acceptors (Lipinski definition) is 3. The summed E-state index contributed by atoms with van der Waals surface area (Å²) in [4.78, 5) is 14.3. The number of nitrogens with zero attached hydrogens (tertiary/aromatic N) is 1. The van der Waals surface area contributed by atoms with E-state index in [-0.39, 0.29) is 31.0 Å². The monoisotopic (exact) mass is 346 g/mol. The number of piperazine rings is 1. The number of benzene rings is 1. The molecule has 1 aliphatic rings. The van der Waals surface area contributed by atoms with E-state index < -0.39 is 0 Å². The van der Waals surface area contributed by atoms with Crippen LogP contribution in [-0.2, 0) is 9.53 Å². The van der Waals surface area contributed by atoms with Gasteiger partial charge in [-0.25, -0.2) is 0 Å². The van der Waals surface area contributed by atoms with Crippen molar-refractivity contribution in [3.8, 4) is 0 Å². The molecular weight excluding hydrogens is 323 g/mol. The Hall–Kier alpha value is -0.810. The van der Waals surface area contributed by atoms with Crippen molar-refractivity contribution in [2.24, 2.45) is 0 Å². The zero-order valence-corrected chi connectivity index (χ0v) is 14.5. The van der Waals surface area contributed by atoms with Crippen LogP contribution in [0.3, 0.4) is 0 Å². The maximum absolute atomic E-state index is 12.4. The number of ether oxygens (including phenoxy) is 1. The first-order valence-corrected chi connectivity index (χ1v) is 7.93. The number of hydrogen-bond donors (Lipinski definition) is 1. The molecule has 1 amide bonds. The van der Waals surface area contributed by atoms with E-state index in [0.29, 0.717) is 18.2 Å². The van der Waals surface area contributed by atoms with E-state index in [1.165, 1.54) is 0 Å². The molecule has 1 fully saturated rings. The molecule has 1 saturated heterocycles. The zero-order valence-electron chi connectivity index (χ0n) is 12.9. The number of carbonyl (C=O) groups excluding carboxylic acids is 1. The van der Waals surface area contributed by atoms with Gasteiger partial charge >= 0.3 is 0 Å². The van der Waals surface area contributed by atoms with Gasteiger partial charge in [0.15, 0.2) is 0 Å². The SMILES string of the molecule is CCCCOCC(=O)N1CCNCC1c1cccc(Cl)c1.Cl. The normalized spacial score (nSPS) is 17.9. The fraction of sp³-hybridized carbons (Fsp3) is 0.562. The lowest BCUT2D eigenvalue weighted by atomic mass is 10.0. The van der Waals surface area contributed by atoms with Crippen LogP contribution < -0.4 is 5.32 Å². The average molecular weight is 347 g/mol. The molecule has 0 aliphatic carbocycles. The minimum absolute atomic E-state index is 0. The molecule has 1 unspecified atom stereocenters. The Kier molecular flexibility index (Phi) is 8.79. The van der Waals surface area contributed by atoms with Gasteiger partial charge in [-0.2, -0.15) is 0 Å². The molecule has 0 saturated carbocycles. The topological polar surface area (TPSA) is 41.6 Å². The standard InChI is InChI=1S/C16H23ClN2O2.ClH/c1-2-3-9-21-12-16(20)19-8-7-18-11-15(19)13-5-4-6-14(17)10-13;/h4-6,10,15,18H,2-3,7-9,11-12H2,1H3;1H. The zero-order chi connectivity index (χ0) is 15.1. The number of nitrogens with one attached hydrogen (secondary N) is 1. The fourth-order valence-corrected chi connectivity index (χ4v) is 2.70. The first-order chi connectivity index (χ1) is 10.2. The van der Waals surface area contributed by atoms with Crippen molar-refractivity contribution in [2.45, 2.75) is 25.8 Å². The Morgan fingerprint density at radius 3 is 3.05 bits per heavy atom. The van der Waals surface area contributed by atoms with Gasteiger partial charge in [-0.3, -0.25) is 4.79 Å². The van der Waals surface area contributed by atoms with Crippen LogP contribution in [0.1, 0.15) is 31.4 Å². The molecule has 1 aromatic carbocycles. The van der Waals surface area contributed by atoms with Gasteiger partial charge in [0.05, 0.1) is 6.04 Å². The highest BCUT2D eigenvalue weighted by molar-refractivity contribution is 6.30. The van der Waals surface area contributed by atoms with Crippen LogP contribution in [0.2, 0.25) is 5.02 Å². The van der Waals surface area contributed by atoms with Gasteiger partial charge in [0, 0.05) is 31.3 Å². The van der Waals surface area contributed by atoms with Crippen molar-refractivity contribution in [2.75, 3.05) is 32.8 Å².